The number of likely N-dealkylation sites (tertiary alicyclic amines) is 1. The first-order valence-corrected chi connectivity index (χ1v) is 10.9. The Morgan fingerprint density at radius 3 is 2.38 bits per heavy atom. The highest BCUT2D eigenvalue weighted by molar-refractivity contribution is 7.90. The summed E-state index contributed by atoms with van der Waals surface area (Å²) in [5.41, 5.74) is -0.648. The Labute approximate surface area is 176 Å². The molecule has 6 nitrogen and oxygen atoms in total. The zero-order valence-electron chi connectivity index (χ0n) is 18.3. The van der Waals surface area contributed by atoms with Gasteiger partial charge in [0.2, 0.25) is 0 Å². The second-order valence-electron chi connectivity index (χ2n) is 9.64. The van der Waals surface area contributed by atoms with Crippen LogP contribution in [0, 0.1) is 0 Å². The molecular formula is C21H33FN2O4S. The predicted molar refractivity (Wildman–Crippen MR) is 112 cm³/mol. The maximum Gasteiger partial charge on any atom is 0.410 e. The van der Waals surface area contributed by atoms with Crippen LogP contribution in [0.15, 0.2) is 18.2 Å². The van der Waals surface area contributed by atoms with Gasteiger partial charge in [0.25, 0.3) is 0 Å². The summed E-state index contributed by atoms with van der Waals surface area (Å²) in [5.74, 6) is 0. The number of halogens is 1. The van der Waals surface area contributed by atoms with E-state index in [1.165, 1.54) is 4.90 Å². The van der Waals surface area contributed by atoms with E-state index < -0.39 is 33.5 Å². The van der Waals surface area contributed by atoms with Crippen LogP contribution in [0.1, 0.15) is 71.2 Å². The van der Waals surface area contributed by atoms with E-state index in [0.29, 0.717) is 11.1 Å². The molecule has 1 saturated heterocycles. The lowest BCUT2D eigenvalue weighted by molar-refractivity contribution is -0.0538. The molecule has 1 aromatic rings. The minimum atomic E-state index is -1.71. The number of rotatable bonds is 5. The molecule has 1 aliphatic heterocycles. The maximum absolute atomic E-state index is 15.5. The highest BCUT2D eigenvalue weighted by atomic mass is 32.2. The van der Waals surface area contributed by atoms with Crippen LogP contribution in [0.4, 0.5) is 9.18 Å². The fraction of sp³-hybridized carbons (Fsp3) is 0.667. The van der Waals surface area contributed by atoms with Crippen LogP contribution in [0.5, 0.6) is 0 Å². The number of nitrogens with one attached hydrogen (secondary N) is 1. The molecule has 0 spiro atoms. The van der Waals surface area contributed by atoms with E-state index in [9.17, 15) is 14.5 Å². The molecule has 1 amide bonds. The lowest BCUT2D eigenvalue weighted by Crippen LogP contribution is -2.59. The summed E-state index contributed by atoms with van der Waals surface area (Å²) in [6, 6.07) is 4.80. The minimum Gasteiger partial charge on any atom is -0.598 e. The van der Waals surface area contributed by atoms with Crippen molar-refractivity contribution in [1.82, 2.24) is 9.62 Å². The van der Waals surface area contributed by atoms with Gasteiger partial charge in [-0.25, -0.2) is 9.18 Å². The van der Waals surface area contributed by atoms with Gasteiger partial charge < -0.3 is 19.3 Å². The number of benzene rings is 1. The van der Waals surface area contributed by atoms with Crippen molar-refractivity contribution < 1.29 is 23.6 Å². The average Bonchev–Trinajstić information content (AvgIpc) is 2.55. The van der Waals surface area contributed by atoms with Crippen molar-refractivity contribution in [2.45, 2.75) is 77.1 Å². The first kappa shape index (κ1) is 23.9. The van der Waals surface area contributed by atoms with Gasteiger partial charge in [-0.15, -0.1) is 4.72 Å². The lowest BCUT2D eigenvalue weighted by Gasteiger charge is -2.45. The molecule has 2 rings (SSSR count). The fourth-order valence-corrected chi connectivity index (χ4v) is 3.73. The zero-order chi connectivity index (χ0) is 22.2. The van der Waals surface area contributed by atoms with Crippen LogP contribution in [0.3, 0.4) is 0 Å². The Morgan fingerprint density at radius 2 is 1.90 bits per heavy atom. The first-order valence-electron chi connectivity index (χ1n) is 9.75. The van der Waals surface area contributed by atoms with E-state index in [1.54, 1.807) is 39.0 Å². The highest BCUT2D eigenvalue weighted by Gasteiger charge is 2.48. The third-order valence-electron chi connectivity index (χ3n) is 4.59. The summed E-state index contributed by atoms with van der Waals surface area (Å²) >= 11 is -1.29. The lowest BCUT2D eigenvalue weighted by atomic mass is 9.85. The molecule has 0 saturated carbocycles. The number of aliphatic hydroxyl groups excluding tert-OH is 1. The molecule has 1 fully saturated rings. The second kappa shape index (κ2) is 8.41. The van der Waals surface area contributed by atoms with Crippen LogP contribution in [-0.4, -0.2) is 44.1 Å². The molecule has 0 bridgehead atoms. The van der Waals surface area contributed by atoms with Crippen LogP contribution in [0.2, 0.25) is 0 Å². The number of carbonyl (C=O) groups excluding carboxylic acids is 1. The molecule has 1 aromatic carbocycles. The number of alkyl halides is 1. The summed E-state index contributed by atoms with van der Waals surface area (Å²) in [7, 11) is 0. The van der Waals surface area contributed by atoms with Gasteiger partial charge in [-0.05, 0) is 65.2 Å². The van der Waals surface area contributed by atoms with Gasteiger partial charge >= 0.3 is 6.09 Å². The largest absolute Gasteiger partial charge is 0.598 e. The number of aliphatic hydroxyl groups is 1. The van der Waals surface area contributed by atoms with E-state index >= 15 is 4.39 Å². The highest BCUT2D eigenvalue weighted by Crippen LogP contribution is 2.38. The van der Waals surface area contributed by atoms with E-state index in [1.807, 2.05) is 27.7 Å². The van der Waals surface area contributed by atoms with Crippen molar-refractivity contribution in [3.05, 3.63) is 34.9 Å². The molecule has 164 valence electrons. The van der Waals surface area contributed by atoms with Crippen LogP contribution in [0.25, 0.3) is 0 Å². The zero-order valence-corrected chi connectivity index (χ0v) is 19.2. The topological polar surface area (TPSA) is 84.9 Å². The van der Waals surface area contributed by atoms with Crippen molar-refractivity contribution in [2.75, 3.05) is 13.1 Å². The summed E-state index contributed by atoms with van der Waals surface area (Å²) in [4.78, 5) is 13.5. The third-order valence-corrected chi connectivity index (χ3v) is 6.27. The maximum atomic E-state index is 15.5. The molecule has 0 aromatic heterocycles. The molecular weight excluding hydrogens is 395 g/mol. The second-order valence-corrected chi connectivity index (χ2v) is 11.6. The molecule has 2 unspecified atom stereocenters. The SMILES string of the molecule is CC(N[S+]([O-])C(C)(C)C)c1cc(CO)cc(C2(F)CN(C(=O)OC(C)(C)C)C2)c1. The predicted octanol–water partition coefficient (Wildman–Crippen LogP) is 3.71. The average molecular weight is 429 g/mol. The van der Waals surface area contributed by atoms with Crippen molar-refractivity contribution in [1.29, 1.82) is 0 Å². The number of hydrogen-bond donors (Lipinski definition) is 2. The van der Waals surface area contributed by atoms with E-state index in [4.69, 9.17) is 4.74 Å². The standard InChI is InChI=1S/C21H33FN2O4S/c1-14(23-29(27)20(5,6)7)16-8-15(11-25)9-17(10-16)21(22)12-24(13-21)18(26)28-19(2,3)4/h8-10,14,23,25H,11-13H2,1-7H3. The van der Waals surface area contributed by atoms with E-state index in [0.717, 1.165) is 5.56 Å². The number of ether oxygens (including phenoxy) is 1. The fourth-order valence-electron chi connectivity index (χ4n) is 2.92. The van der Waals surface area contributed by atoms with Crippen molar-refractivity contribution in [3.8, 4) is 0 Å². The molecule has 0 radical (unpaired) electrons. The van der Waals surface area contributed by atoms with Gasteiger partial charge in [-0.1, -0.05) is 18.2 Å². The first-order chi connectivity index (χ1) is 13.1. The van der Waals surface area contributed by atoms with Gasteiger partial charge in [-0.2, -0.15) is 0 Å². The molecule has 29 heavy (non-hydrogen) atoms. The summed E-state index contributed by atoms with van der Waals surface area (Å²) in [6.45, 7) is 12.3. The van der Waals surface area contributed by atoms with Crippen molar-refractivity contribution in [3.63, 3.8) is 0 Å². The number of amides is 1. The molecule has 8 heteroatoms. The van der Waals surface area contributed by atoms with Gasteiger partial charge in [0, 0.05) is 11.4 Å². The third kappa shape index (κ3) is 6.07. The Hall–Kier alpha value is -1.35. The normalized spacial score (nSPS) is 18.8. The van der Waals surface area contributed by atoms with Gasteiger partial charge in [0.15, 0.2) is 5.67 Å². The van der Waals surface area contributed by atoms with Gasteiger partial charge in [0.05, 0.1) is 25.7 Å². The Balaban J connectivity index is 2.18. The minimum absolute atomic E-state index is 0.105. The summed E-state index contributed by atoms with van der Waals surface area (Å²) < 4.78 is 35.8. The van der Waals surface area contributed by atoms with Crippen molar-refractivity contribution >= 4 is 17.5 Å². The van der Waals surface area contributed by atoms with Crippen LogP contribution < -0.4 is 4.72 Å². The van der Waals surface area contributed by atoms with Crippen molar-refractivity contribution in [2.24, 2.45) is 0 Å². The van der Waals surface area contributed by atoms with Gasteiger partial charge in [-0.3, -0.25) is 0 Å². The van der Waals surface area contributed by atoms with Crippen LogP contribution in [-0.2, 0) is 28.4 Å². The number of hydrogen-bond acceptors (Lipinski definition) is 5. The quantitative estimate of drug-likeness (QED) is 0.699. The molecule has 2 N–H and O–H groups in total. The Bertz CT molecular complexity index is 739. The molecule has 2 atom stereocenters. The number of carbonyl (C=O) groups is 1. The molecule has 0 aliphatic carbocycles. The van der Waals surface area contributed by atoms with Gasteiger partial charge in [0.1, 0.15) is 10.3 Å². The monoisotopic (exact) mass is 428 g/mol. The summed E-state index contributed by atoms with van der Waals surface area (Å²) in [6.07, 6.45) is -0.542. The Kier molecular flexibility index (Phi) is 6.94. The molecule has 1 heterocycles. The van der Waals surface area contributed by atoms with Crippen LogP contribution >= 0.6 is 0 Å². The van der Waals surface area contributed by atoms with E-state index in [-0.39, 0.29) is 25.7 Å². The summed E-state index contributed by atoms with van der Waals surface area (Å²) in [5, 5.41) is 9.62. The van der Waals surface area contributed by atoms with E-state index in [2.05, 4.69) is 4.72 Å². The Morgan fingerprint density at radius 1 is 1.31 bits per heavy atom. The molecule has 1 aliphatic rings. The smallest absolute Gasteiger partial charge is 0.410 e. The number of nitrogens with zero attached hydrogens (tertiary/aromatic N) is 1.